The van der Waals surface area contributed by atoms with Crippen molar-refractivity contribution < 1.29 is 23.5 Å². The number of hydrogen-bond donors (Lipinski definition) is 2. The minimum atomic E-state index is -0.317. The fourth-order valence-electron chi connectivity index (χ4n) is 4.28. The van der Waals surface area contributed by atoms with Crippen molar-refractivity contribution in [3.05, 3.63) is 78.8 Å². The molecule has 10 nitrogen and oxygen atoms in total. The maximum absolute atomic E-state index is 12.6. The summed E-state index contributed by atoms with van der Waals surface area (Å²) in [6.07, 6.45) is 1.50. The van der Waals surface area contributed by atoms with E-state index in [1.165, 1.54) is 13.2 Å². The van der Waals surface area contributed by atoms with Crippen LogP contribution in [-0.2, 0) is 9.59 Å². The Morgan fingerprint density at radius 1 is 0.895 bits per heavy atom. The summed E-state index contributed by atoms with van der Waals surface area (Å²) in [4.78, 5) is 44.9. The minimum Gasteiger partial charge on any atom is -0.481 e. The second-order valence-electron chi connectivity index (χ2n) is 8.85. The second-order valence-corrected chi connectivity index (χ2v) is 8.85. The molecule has 0 radical (unpaired) electrons. The van der Waals surface area contributed by atoms with Crippen molar-refractivity contribution in [2.24, 2.45) is 0 Å². The van der Waals surface area contributed by atoms with E-state index in [1.54, 1.807) is 47.4 Å². The first-order chi connectivity index (χ1) is 18.5. The molecule has 1 fully saturated rings. The van der Waals surface area contributed by atoms with Gasteiger partial charge in [-0.2, -0.15) is 0 Å². The zero-order chi connectivity index (χ0) is 26.5. The summed E-state index contributed by atoms with van der Waals surface area (Å²) in [7, 11) is 0. The van der Waals surface area contributed by atoms with Crippen LogP contribution < -0.4 is 20.3 Å². The average Bonchev–Trinajstić information content (AvgIpc) is 3.47. The van der Waals surface area contributed by atoms with Gasteiger partial charge in [-0.1, -0.05) is 12.1 Å². The lowest BCUT2D eigenvalue weighted by molar-refractivity contribution is -0.118. The molecule has 0 spiro atoms. The van der Waals surface area contributed by atoms with E-state index in [0.717, 1.165) is 11.2 Å². The standard InChI is InChI=1S/C28H27N5O5/c1-19(34)29-21-8-10-22(11-9-21)30-26(35)18-38-23-5-2-4-20-7-12-25(31-27(20)23)32-13-15-33(16-14-32)28(36)24-6-3-17-37-24/h2-12,17H,13-16,18H2,1H3,(H,29,34)(H,30,35). The number of aromatic nitrogens is 1. The number of benzene rings is 2. The zero-order valence-corrected chi connectivity index (χ0v) is 20.8. The van der Waals surface area contributed by atoms with Gasteiger partial charge in [-0.3, -0.25) is 14.4 Å². The number of nitrogens with one attached hydrogen (secondary N) is 2. The van der Waals surface area contributed by atoms with Crippen molar-refractivity contribution in [2.75, 3.05) is 48.3 Å². The number of para-hydroxylation sites is 1. The molecule has 2 aromatic heterocycles. The number of hydrogen-bond acceptors (Lipinski definition) is 7. The lowest BCUT2D eigenvalue weighted by Crippen LogP contribution is -2.49. The highest BCUT2D eigenvalue weighted by Gasteiger charge is 2.24. The number of amides is 3. The van der Waals surface area contributed by atoms with Gasteiger partial charge in [0.05, 0.1) is 6.26 Å². The van der Waals surface area contributed by atoms with Gasteiger partial charge in [0, 0.05) is 49.9 Å². The van der Waals surface area contributed by atoms with Gasteiger partial charge in [0.2, 0.25) is 5.91 Å². The lowest BCUT2D eigenvalue weighted by Gasteiger charge is -2.35. The maximum Gasteiger partial charge on any atom is 0.289 e. The predicted molar refractivity (Wildman–Crippen MR) is 143 cm³/mol. The lowest BCUT2D eigenvalue weighted by atomic mass is 10.2. The van der Waals surface area contributed by atoms with Crippen LogP contribution in [0.2, 0.25) is 0 Å². The average molecular weight is 514 g/mol. The summed E-state index contributed by atoms with van der Waals surface area (Å²) in [5.74, 6) is 1.04. The molecule has 1 aliphatic heterocycles. The van der Waals surface area contributed by atoms with Crippen molar-refractivity contribution in [3.8, 4) is 5.75 Å². The highest BCUT2D eigenvalue weighted by Crippen LogP contribution is 2.27. The molecule has 1 saturated heterocycles. The molecule has 38 heavy (non-hydrogen) atoms. The Labute approximate surface area is 219 Å². The van der Waals surface area contributed by atoms with Crippen molar-refractivity contribution in [3.63, 3.8) is 0 Å². The number of piperazine rings is 1. The van der Waals surface area contributed by atoms with E-state index in [4.69, 9.17) is 14.1 Å². The fourth-order valence-corrected chi connectivity index (χ4v) is 4.28. The van der Waals surface area contributed by atoms with Crippen LogP contribution in [0.1, 0.15) is 17.5 Å². The Balaban J connectivity index is 1.21. The fraction of sp³-hybridized carbons (Fsp3) is 0.214. The Morgan fingerprint density at radius 2 is 1.63 bits per heavy atom. The van der Waals surface area contributed by atoms with Gasteiger partial charge in [-0.25, -0.2) is 4.98 Å². The molecule has 3 heterocycles. The molecule has 0 atom stereocenters. The number of ether oxygens (including phenoxy) is 1. The normalized spacial score (nSPS) is 13.3. The van der Waals surface area contributed by atoms with Crippen molar-refractivity contribution in [2.45, 2.75) is 6.92 Å². The molecular formula is C28H27N5O5. The molecule has 10 heteroatoms. The highest BCUT2D eigenvalue weighted by molar-refractivity contribution is 5.94. The molecular weight excluding hydrogens is 486 g/mol. The van der Waals surface area contributed by atoms with Gasteiger partial charge in [0.1, 0.15) is 17.1 Å². The van der Waals surface area contributed by atoms with Gasteiger partial charge in [-0.15, -0.1) is 0 Å². The summed E-state index contributed by atoms with van der Waals surface area (Å²) in [5.41, 5.74) is 1.90. The van der Waals surface area contributed by atoms with E-state index in [9.17, 15) is 14.4 Å². The van der Waals surface area contributed by atoms with Crippen molar-refractivity contribution >= 4 is 45.8 Å². The van der Waals surface area contributed by atoms with E-state index in [2.05, 4.69) is 15.5 Å². The summed E-state index contributed by atoms with van der Waals surface area (Å²) >= 11 is 0. The molecule has 0 bridgehead atoms. The molecule has 1 aliphatic rings. The minimum absolute atomic E-state index is 0.112. The Morgan fingerprint density at radius 3 is 2.32 bits per heavy atom. The zero-order valence-electron chi connectivity index (χ0n) is 20.8. The van der Waals surface area contributed by atoms with E-state index in [0.29, 0.717) is 54.6 Å². The van der Waals surface area contributed by atoms with Crippen molar-refractivity contribution in [1.82, 2.24) is 9.88 Å². The number of carbonyl (C=O) groups excluding carboxylic acids is 3. The molecule has 0 saturated carbocycles. The molecule has 2 aromatic carbocycles. The largest absolute Gasteiger partial charge is 0.481 e. The third-order valence-corrected chi connectivity index (χ3v) is 6.14. The highest BCUT2D eigenvalue weighted by atomic mass is 16.5. The van der Waals surface area contributed by atoms with Crippen LogP contribution in [0.15, 0.2) is 77.4 Å². The van der Waals surface area contributed by atoms with Crippen LogP contribution in [0.3, 0.4) is 0 Å². The Bertz CT molecular complexity index is 1440. The van der Waals surface area contributed by atoms with Gasteiger partial charge in [-0.05, 0) is 54.6 Å². The molecule has 4 aromatic rings. The van der Waals surface area contributed by atoms with Gasteiger partial charge in [0.25, 0.3) is 11.8 Å². The van der Waals surface area contributed by atoms with Crippen LogP contribution in [0.5, 0.6) is 5.75 Å². The number of carbonyl (C=O) groups is 3. The number of rotatable bonds is 7. The molecule has 5 rings (SSSR count). The quantitative estimate of drug-likeness (QED) is 0.386. The molecule has 0 unspecified atom stereocenters. The smallest absolute Gasteiger partial charge is 0.289 e. The third kappa shape index (κ3) is 5.75. The first kappa shape index (κ1) is 24.8. The van der Waals surface area contributed by atoms with Crippen LogP contribution >= 0.6 is 0 Å². The van der Waals surface area contributed by atoms with Crippen LogP contribution in [0, 0.1) is 0 Å². The SMILES string of the molecule is CC(=O)Nc1ccc(NC(=O)COc2cccc3ccc(N4CCN(C(=O)c5ccco5)CC4)nc23)cc1. The number of anilines is 3. The first-order valence-corrected chi connectivity index (χ1v) is 12.2. The monoisotopic (exact) mass is 513 g/mol. The molecule has 2 N–H and O–H groups in total. The summed E-state index contributed by atoms with van der Waals surface area (Å²) in [5, 5.41) is 6.36. The number of furan rings is 1. The topological polar surface area (TPSA) is 117 Å². The van der Waals surface area contributed by atoms with E-state index in [-0.39, 0.29) is 24.3 Å². The summed E-state index contributed by atoms with van der Waals surface area (Å²) in [6, 6.07) is 19.7. The third-order valence-electron chi connectivity index (χ3n) is 6.14. The van der Waals surface area contributed by atoms with Crippen LogP contribution in [0.25, 0.3) is 10.9 Å². The number of fused-ring (bicyclic) bond motifs is 1. The first-order valence-electron chi connectivity index (χ1n) is 12.2. The van der Waals surface area contributed by atoms with Crippen molar-refractivity contribution in [1.29, 1.82) is 0 Å². The maximum atomic E-state index is 12.6. The summed E-state index contributed by atoms with van der Waals surface area (Å²) in [6.45, 7) is 3.64. The van der Waals surface area contributed by atoms with Crippen LogP contribution in [0.4, 0.5) is 17.2 Å². The second kappa shape index (κ2) is 11.0. The molecule has 0 aliphatic carbocycles. The molecule has 194 valence electrons. The Kier molecular flexibility index (Phi) is 7.21. The van der Waals surface area contributed by atoms with Gasteiger partial charge < -0.3 is 29.6 Å². The Hall–Kier alpha value is -4.86. The van der Waals surface area contributed by atoms with Gasteiger partial charge in [0.15, 0.2) is 12.4 Å². The van der Waals surface area contributed by atoms with E-state index in [1.807, 2.05) is 24.3 Å². The predicted octanol–water partition coefficient (Wildman–Crippen LogP) is 3.77. The van der Waals surface area contributed by atoms with E-state index < -0.39 is 0 Å². The molecule has 3 amide bonds. The summed E-state index contributed by atoms with van der Waals surface area (Å²) < 4.78 is 11.1. The van der Waals surface area contributed by atoms with Gasteiger partial charge >= 0.3 is 0 Å². The number of pyridine rings is 1. The number of nitrogens with zero attached hydrogens (tertiary/aromatic N) is 3. The van der Waals surface area contributed by atoms with Crippen LogP contribution in [-0.4, -0.2) is 60.4 Å². The van der Waals surface area contributed by atoms with E-state index >= 15 is 0 Å².